The number of alkyl halides is 3. The molecular formula is C25H37F3N4O3. The molecule has 1 amide bonds. The number of rotatable bonds is 7. The Labute approximate surface area is 205 Å². The van der Waals surface area contributed by atoms with Gasteiger partial charge in [0.05, 0.1) is 24.2 Å². The number of carbonyl (C=O) groups is 1. The first kappa shape index (κ1) is 26.2. The second-order valence-electron chi connectivity index (χ2n) is 10.2. The molecule has 3 heterocycles. The molecule has 1 aromatic rings. The molecule has 1 saturated carbocycles. The molecule has 2 unspecified atom stereocenters. The fraction of sp³-hybridized carbons (Fsp3) is 0.760. The van der Waals surface area contributed by atoms with E-state index in [1.807, 2.05) is 16.7 Å². The molecule has 10 heteroatoms. The fourth-order valence-corrected chi connectivity index (χ4v) is 5.63. The van der Waals surface area contributed by atoms with E-state index in [1.54, 1.807) is 0 Å². The zero-order valence-electron chi connectivity index (χ0n) is 20.6. The average molecular weight is 499 g/mol. The van der Waals surface area contributed by atoms with Crippen LogP contribution >= 0.6 is 0 Å². The number of hydrogen-bond donors (Lipinski definition) is 1. The van der Waals surface area contributed by atoms with Crippen LogP contribution in [0.2, 0.25) is 0 Å². The van der Waals surface area contributed by atoms with Crippen molar-refractivity contribution in [1.29, 1.82) is 0 Å². The third-order valence-electron chi connectivity index (χ3n) is 7.70. The summed E-state index contributed by atoms with van der Waals surface area (Å²) < 4.78 is 50.7. The molecule has 1 aliphatic carbocycles. The van der Waals surface area contributed by atoms with Gasteiger partial charge in [-0.05, 0) is 50.7 Å². The van der Waals surface area contributed by atoms with E-state index in [0.717, 1.165) is 51.0 Å². The van der Waals surface area contributed by atoms with Crippen LogP contribution in [0.5, 0.6) is 0 Å². The lowest BCUT2D eigenvalue weighted by molar-refractivity contribution is -0.146. The van der Waals surface area contributed by atoms with E-state index in [9.17, 15) is 18.0 Å². The molecule has 0 radical (unpaired) electrons. The summed E-state index contributed by atoms with van der Waals surface area (Å²) in [5, 5.41) is 3.79. The van der Waals surface area contributed by atoms with Crippen molar-refractivity contribution in [2.45, 2.75) is 57.8 Å². The number of hydrogen-bond acceptors (Lipinski definition) is 6. The first-order chi connectivity index (χ1) is 16.7. The lowest BCUT2D eigenvalue weighted by Crippen LogP contribution is -2.54. The summed E-state index contributed by atoms with van der Waals surface area (Å²) in [4.78, 5) is 21.6. The number of nitrogens with one attached hydrogen (secondary N) is 1. The summed E-state index contributed by atoms with van der Waals surface area (Å²) in [7, 11) is 0. The monoisotopic (exact) mass is 498 g/mol. The zero-order valence-corrected chi connectivity index (χ0v) is 20.6. The third kappa shape index (κ3) is 6.09. The highest BCUT2D eigenvalue weighted by Gasteiger charge is 2.48. The van der Waals surface area contributed by atoms with Gasteiger partial charge in [0.1, 0.15) is 5.82 Å². The Bertz CT molecular complexity index is 863. The molecule has 4 rings (SSSR count). The Hall–Kier alpha value is -1.91. The predicted octanol–water partition coefficient (Wildman–Crippen LogP) is 3.34. The number of nitrogens with zero attached hydrogens (tertiary/aromatic N) is 3. The van der Waals surface area contributed by atoms with Crippen molar-refractivity contribution in [3.8, 4) is 0 Å². The predicted molar refractivity (Wildman–Crippen MR) is 126 cm³/mol. The molecule has 2 aliphatic heterocycles. The molecule has 2 saturated heterocycles. The van der Waals surface area contributed by atoms with Crippen LogP contribution in [0.25, 0.3) is 0 Å². The van der Waals surface area contributed by atoms with Crippen molar-refractivity contribution < 1.29 is 27.4 Å². The van der Waals surface area contributed by atoms with Gasteiger partial charge in [0.25, 0.3) is 0 Å². The number of piperazine rings is 1. The number of aromatic nitrogens is 1. The standard InChI is InChI=1S/C25H37F3N4O3/c1-3-34-17-24(7-4-20(15-24)30-21-6-13-35-16-18(21)2)23(33)32-11-9-31(10-12-32)22-14-19(5-8-29-22)25(26,27)28/h5,8,14,18,20-21,30H,3-4,6-7,9-13,15-17H2,1-2H3/t18?,20-,21?,24+/m1/s1. The van der Waals surface area contributed by atoms with Crippen LogP contribution in [0, 0.1) is 11.3 Å². The summed E-state index contributed by atoms with van der Waals surface area (Å²) in [6, 6.07) is 2.72. The Morgan fingerprint density at radius 2 is 2.06 bits per heavy atom. The number of amides is 1. The molecule has 1 aromatic heterocycles. The largest absolute Gasteiger partial charge is 0.416 e. The van der Waals surface area contributed by atoms with Crippen molar-refractivity contribution in [3.05, 3.63) is 23.9 Å². The minimum absolute atomic E-state index is 0.104. The Morgan fingerprint density at radius 3 is 2.74 bits per heavy atom. The van der Waals surface area contributed by atoms with E-state index < -0.39 is 17.2 Å². The van der Waals surface area contributed by atoms with Gasteiger partial charge >= 0.3 is 6.18 Å². The Balaban J connectivity index is 1.38. The lowest BCUT2D eigenvalue weighted by Gasteiger charge is -2.40. The number of carbonyl (C=O) groups excluding carboxylic acids is 1. The first-order valence-electron chi connectivity index (χ1n) is 12.7. The van der Waals surface area contributed by atoms with Gasteiger partial charge in [-0.25, -0.2) is 4.98 Å². The van der Waals surface area contributed by atoms with Crippen LogP contribution < -0.4 is 10.2 Å². The fourth-order valence-electron chi connectivity index (χ4n) is 5.63. The van der Waals surface area contributed by atoms with E-state index in [1.165, 1.54) is 6.20 Å². The number of anilines is 1. The smallest absolute Gasteiger partial charge is 0.381 e. The maximum Gasteiger partial charge on any atom is 0.416 e. The normalized spacial score (nSPS) is 30.0. The van der Waals surface area contributed by atoms with Gasteiger partial charge in [-0.3, -0.25) is 4.79 Å². The lowest BCUT2D eigenvalue weighted by atomic mass is 9.84. The second kappa shape index (κ2) is 11.0. The summed E-state index contributed by atoms with van der Waals surface area (Å²) in [5.74, 6) is 0.845. The van der Waals surface area contributed by atoms with E-state index >= 15 is 0 Å². The minimum atomic E-state index is -4.41. The highest BCUT2D eigenvalue weighted by Crippen LogP contribution is 2.41. The van der Waals surface area contributed by atoms with Crippen molar-refractivity contribution >= 4 is 11.7 Å². The van der Waals surface area contributed by atoms with Crippen LogP contribution in [0.3, 0.4) is 0 Å². The Morgan fingerprint density at radius 1 is 1.29 bits per heavy atom. The van der Waals surface area contributed by atoms with Crippen molar-refractivity contribution in [3.63, 3.8) is 0 Å². The molecule has 0 spiro atoms. The molecule has 3 fully saturated rings. The molecule has 3 aliphatic rings. The van der Waals surface area contributed by atoms with E-state index in [0.29, 0.717) is 57.2 Å². The van der Waals surface area contributed by atoms with Gasteiger partial charge in [0.15, 0.2) is 0 Å². The van der Waals surface area contributed by atoms with Gasteiger partial charge < -0.3 is 24.6 Å². The summed E-state index contributed by atoms with van der Waals surface area (Å²) >= 11 is 0. The van der Waals surface area contributed by atoms with Gasteiger partial charge in [0.2, 0.25) is 5.91 Å². The molecular weight excluding hydrogens is 461 g/mol. The molecule has 196 valence electrons. The maximum absolute atomic E-state index is 13.8. The highest BCUT2D eigenvalue weighted by molar-refractivity contribution is 5.83. The molecule has 7 nitrogen and oxygen atoms in total. The number of pyridine rings is 1. The van der Waals surface area contributed by atoms with Crippen molar-refractivity contribution in [1.82, 2.24) is 15.2 Å². The maximum atomic E-state index is 13.8. The van der Waals surface area contributed by atoms with Crippen LogP contribution in [0.15, 0.2) is 18.3 Å². The van der Waals surface area contributed by atoms with E-state index in [-0.39, 0.29) is 11.9 Å². The summed E-state index contributed by atoms with van der Waals surface area (Å²) in [5.41, 5.74) is -1.27. The molecule has 0 bridgehead atoms. The van der Waals surface area contributed by atoms with Gasteiger partial charge in [-0.2, -0.15) is 13.2 Å². The molecule has 4 atom stereocenters. The average Bonchev–Trinajstić information content (AvgIpc) is 3.27. The molecule has 0 aromatic carbocycles. The van der Waals surface area contributed by atoms with Crippen molar-refractivity contribution in [2.75, 3.05) is 57.5 Å². The highest BCUT2D eigenvalue weighted by atomic mass is 19.4. The minimum Gasteiger partial charge on any atom is -0.381 e. The van der Waals surface area contributed by atoms with E-state index in [2.05, 4.69) is 17.2 Å². The van der Waals surface area contributed by atoms with Crippen LogP contribution in [-0.2, 0) is 20.4 Å². The van der Waals surface area contributed by atoms with Crippen molar-refractivity contribution in [2.24, 2.45) is 11.3 Å². The summed E-state index contributed by atoms with van der Waals surface area (Å²) in [6.07, 6.45) is 0.211. The van der Waals surface area contributed by atoms with Gasteiger partial charge in [-0.15, -0.1) is 0 Å². The van der Waals surface area contributed by atoms with Crippen LogP contribution in [-0.4, -0.2) is 80.5 Å². The third-order valence-corrected chi connectivity index (χ3v) is 7.70. The summed E-state index contributed by atoms with van der Waals surface area (Å²) in [6.45, 7) is 8.44. The second-order valence-corrected chi connectivity index (χ2v) is 10.2. The van der Waals surface area contributed by atoms with Crippen LogP contribution in [0.1, 0.15) is 45.1 Å². The Kier molecular flexibility index (Phi) is 8.23. The SMILES string of the molecule is CCOC[C@]1(C(=O)N2CCN(c3cc(C(F)(F)F)ccn3)CC2)CC[C@@H](NC2CCOCC2C)C1. The topological polar surface area (TPSA) is 66.9 Å². The number of halogens is 3. The van der Waals surface area contributed by atoms with E-state index in [4.69, 9.17) is 9.47 Å². The zero-order chi connectivity index (χ0) is 25.1. The van der Waals surface area contributed by atoms with Crippen LogP contribution in [0.4, 0.5) is 19.0 Å². The quantitative estimate of drug-likeness (QED) is 0.622. The molecule has 1 N–H and O–H groups in total. The molecule has 35 heavy (non-hydrogen) atoms. The van der Waals surface area contributed by atoms with Gasteiger partial charge in [-0.1, -0.05) is 6.92 Å². The van der Waals surface area contributed by atoms with Gasteiger partial charge in [0, 0.05) is 57.7 Å². The first-order valence-corrected chi connectivity index (χ1v) is 12.7. The number of ether oxygens (including phenoxy) is 2.